The molecule has 0 saturated heterocycles. The number of nitrogens with one attached hydrogen (secondary N) is 1. The van der Waals surface area contributed by atoms with Crippen molar-refractivity contribution >= 4 is 33.0 Å². The minimum atomic E-state index is 0.807. The highest BCUT2D eigenvalue weighted by molar-refractivity contribution is 9.10. The number of aryl methyl sites for hydroxylation is 1. The maximum absolute atomic E-state index is 3.91. The van der Waals surface area contributed by atoms with E-state index in [1.54, 1.807) is 22.3 Å². The van der Waals surface area contributed by atoms with Gasteiger partial charge in [0.05, 0.1) is 12.2 Å². The Morgan fingerprint density at radius 3 is 2.90 bits per heavy atom. The lowest BCUT2D eigenvalue weighted by Crippen LogP contribution is -2.01. The van der Waals surface area contributed by atoms with Gasteiger partial charge in [0, 0.05) is 15.0 Å². The second kappa shape index (κ2) is 5.72. The lowest BCUT2D eigenvalue weighted by molar-refractivity contribution is 0.785. The first kappa shape index (κ1) is 13.3. The van der Waals surface area contributed by atoms with Gasteiger partial charge in [-0.05, 0) is 68.5 Å². The maximum atomic E-state index is 3.91. The van der Waals surface area contributed by atoms with Crippen molar-refractivity contribution in [1.82, 2.24) is 20.2 Å². The average Bonchev–Trinajstić information content (AvgIpc) is 3.08. The molecule has 0 amide bonds. The summed E-state index contributed by atoms with van der Waals surface area (Å²) in [4.78, 5) is 1.28. The van der Waals surface area contributed by atoms with E-state index in [9.17, 15) is 0 Å². The van der Waals surface area contributed by atoms with E-state index < -0.39 is 0 Å². The zero-order valence-corrected chi connectivity index (χ0v) is 13.1. The number of nitrogens with zero attached hydrogens (tertiary/aromatic N) is 4. The summed E-state index contributed by atoms with van der Waals surface area (Å²) in [6.45, 7) is 2.85. The first-order chi connectivity index (χ1) is 9.74. The van der Waals surface area contributed by atoms with E-state index in [0.29, 0.717) is 0 Å². The number of anilines is 1. The minimum Gasteiger partial charge on any atom is -0.380 e. The number of hydrogen-bond donors (Lipinski definition) is 1. The topological polar surface area (TPSA) is 55.6 Å². The molecular weight excluding hydrogens is 338 g/mol. The molecule has 102 valence electrons. The second-order valence-corrected chi connectivity index (χ2v) is 6.16. The van der Waals surface area contributed by atoms with E-state index in [1.807, 2.05) is 19.1 Å². The molecule has 7 heteroatoms. The second-order valence-electron chi connectivity index (χ2n) is 4.30. The first-order valence-corrected chi connectivity index (χ1v) is 7.71. The largest absolute Gasteiger partial charge is 0.380 e. The summed E-state index contributed by atoms with van der Waals surface area (Å²) in [5.74, 6) is 0. The van der Waals surface area contributed by atoms with Gasteiger partial charge in [0.2, 0.25) is 0 Å². The van der Waals surface area contributed by atoms with Crippen molar-refractivity contribution in [2.24, 2.45) is 0 Å². The van der Waals surface area contributed by atoms with E-state index in [1.165, 1.54) is 4.88 Å². The third-order valence-corrected chi connectivity index (χ3v) is 4.86. The SMILES string of the molecule is Cc1cc(NCc2sccc2Br)ccc1-n1cnnn1. The summed E-state index contributed by atoms with van der Waals surface area (Å²) in [5, 5.41) is 16.7. The van der Waals surface area contributed by atoms with Crippen LogP contribution in [0, 0.1) is 6.92 Å². The Labute approximate surface area is 128 Å². The van der Waals surface area contributed by atoms with Crippen molar-refractivity contribution < 1.29 is 0 Å². The fourth-order valence-corrected chi connectivity index (χ4v) is 3.36. The molecule has 0 fully saturated rings. The molecule has 3 rings (SSSR count). The van der Waals surface area contributed by atoms with Crippen LogP contribution in [0.1, 0.15) is 10.4 Å². The third-order valence-electron chi connectivity index (χ3n) is 2.94. The normalized spacial score (nSPS) is 10.7. The summed E-state index contributed by atoms with van der Waals surface area (Å²) < 4.78 is 2.81. The highest BCUT2D eigenvalue weighted by Crippen LogP contribution is 2.24. The molecule has 3 aromatic rings. The van der Waals surface area contributed by atoms with Gasteiger partial charge in [-0.2, -0.15) is 0 Å². The lowest BCUT2D eigenvalue weighted by atomic mass is 10.2. The highest BCUT2D eigenvalue weighted by Gasteiger charge is 2.05. The summed E-state index contributed by atoms with van der Waals surface area (Å²) in [5.41, 5.74) is 3.19. The summed E-state index contributed by atoms with van der Waals surface area (Å²) in [6, 6.07) is 8.20. The molecule has 0 unspecified atom stereocenters. The lowest BCUT2D eigenvalue weighted by Gasteiger charge is -2.09. The van der Waals surface area contributed by atoms with Crippen LogP contribution in [0.5, 0.6) is 0 Å². The standard InChI is InChI=1S/C13H12BrN5S/c1-9-6-10(15-7-13-11(14)4-5-20-13)2-3-12(9)19-8-16-17-18-19/h2-6,8,15H,7H2,1H3. The van der Waals surface area contributed by atoms with Gasteiger partial charge in [0.1, 0.15) is 6.33 Å². The Hall–Kier alpha value is -1.73. The Balaban J connectivity index is 1.76. The molecule has 0 atom stereocenters. The Morgan fingerprint density at radius 1 is 1.35 bits per heavy atom. The molecule has 1 aromatic carbocycles. The number of thiophene rings is 1. The number of benzene rings is 1. The van der Waals surface area contributed by atoms with Gasteiger partial charge >= 0.3 is 0 Å². The zero-order chi connectivity index (χ0) is 13.9. The van der Waals surface area contributed by atoms with E-state index in [4.69, 9.17) is 0 Å². The molecule has 0 aliphatic rings. The van der Waals surface area contributed by atoms with Crippen molar-refractivity contribution in [2.45, 2.75) is 13.5 Å². The number of halogens is 1. The van der Waals surface area contributed by atoms with Gasteiger partial charge in [-0.15, -0.1) is 16.4 Å². The van der Waals surface area contributed by atoms with Crippen molar-refractivity contribution in [1.29, 1.82) is 0 Å². The van der Waals surface area contributed by atoms with Gasteiger partial charge in [-0.25, -0.2) is 4.68 Å². The number of aromatic nitrogens is 4. The molecule has 0 bridgehead atoms. The number of tetrazole rings is 1. The monoisotopic (exact) mass is 349 g/mol. The molecule has 2 aromatic heterocycles. The zero-order valence-electron chi connectivity index (χ0n) is 10.7. The van der Waals surface area contributed by atoms with Crippen LogP contribution in [0.15, 0.2) is 40.4 Å². The van der Waals surface area contributed by atoms with Gasteiger partial charge in [-0.3, -0.25) is 0 Å². The molecule has 0 aliphatic carbocycles. The molecule has 0 radical (unpaired) electrons. The van der Waals surface area contributed by atoms with Gasteiger partial charge in [0.15, 0.2) is 0 Å². The molecule has 1 N–H and O–H groups in total. The van der Waals surface area contributed by atoms with Crippen LogP contribution in [0.2, 0.25) is 0 Å². The Kier molecular flexibility index (Phi) is 3.79. The summed E-state index contributed by atoms with van der Waals surface area (Å²) in [6.07, 6.45) is 1.60. The minimum absolute atomic E-state index is 0.807. The van der Waals surface area contributed by atoms with Crippen LogP contribution >= 0.6 is 27.3 Å². The molecular formula is C13H12BrN5S. The van der Waals surface area contributed by atoms with Crippen LogP contribution in [-0.2, 0) is 6.54 Å². The molecule has 5 nitrogen and oxygen atoms in total. The van der Waals surface area contributed by atoms with Crippen LogP contribution in [-0.4, -0.2) is 20.2 Å². The van der Waals surface area contributed by atoms with Crippen LogP contribution in [0.3, 0.4) is 0 Å². The van der Waals surface area contributed by atoms with Crippen molar-refractivity contribution in [2.75, 3.05) is 5.32 Å². The molecule has 0 aliphatic heterocycles. The van der Waals surface area contributed by atoms with E-state index in [2.05, 4.69) is 54.3 Å². The predicted molar refractivity (Wildman–Crippen MR) is 83.2 cm³/mol. The fourth-order valence-electron chi connectivity index (χ4n) is 1.93. The average molecular weight is 350 g/mol. The van der Waals surface area contributed by atoms with Crippen LogP contribution in [0.4, 0.5) is 5.69 Å². The van der Waals surface area contributed by atoms with Crippen molar-refractivity contribution in [3.63, 3.8) is 0 Å². The molecule has 2 heterocycles. The predicted octanol–water partition coefficient (Wildman–Crippen LogP) is 3.41. The fraction of sp³-hybridized carbons (Fsp3) is 0.154. The number of rotatable bonds is 4. The van der Waals surface area contributed by atoms with Crippen LogP contribution < -0.4 is 5.32 Å². The van der Waals surface area contributed by atoms with E-state index in [-0.39, 0.29) is 0 Å². The molecule has 0 saturated carbocycles. The van der Waals surface area contributed by atoms with Gasteiger partial charge in [0.25, 0.3) is 0 Å². The summed E-state index contributed by atoms with van der Waals surface area (Å²) in [7, 11) is 0. The van der Waals surface area contributed by atoms with Crippen molar-refractivity contribution in [3.05, 3.63) is 50.9 Å². The first-order valence-electron chi connectivity index (χ1n) is 6.04. The highest BCUT2D eigenvalue weighted by atomic mass is 79.9. The quantitative estimate of drug-likeness (QED) is 0.784. The molecule has 0 spiro atoms. The van der Waals surface area contributed by atoms with E-state index in [0.717, 1.165) is 28.0 Å². The number of hydrogen-bond acceptors (Lipinski definition) is 5. The Morgan fingerprint density at radius 2 is 2.25 bits per heavy atom. The molecule has 20 heavy (non-hydrogen) atoms. The third kappa shape index (κ3) is 2.73. The van der Waals surface area contributed by atoms with Gasteiger partial charge < -0.3 is 5.32 Å². The summed E-state index contributed by atoms with van der Waals surface area (Å²) >= 11 is 5.27. The maximum Gasteiger partial charge on any atom is 0.143 e. The van der Waals surface area contributed by atoms with Gasteiger partial charge in [-0.1, -0.05) is 0 Å². The smallest absolute Gasteiger partial charge is 0.143 e. The van der Waals surface area contributed by atoms with E-state index >= 15 is 0 Å². The van der Waals surface area contributed by atoms with Crippen LogP contribution in [0.25, 0.3) is 5.69 Å². The Bertz CT molecular complexity index is 707. The van der Waals surface area contributed by atoms with Crippen molar-refractivity contribution in [3.8, 4) is 5.69 Å².